The zero-order valence-electron chi connectivity index (χ0n) is 14.7. The molecular formula is C17H16Cl2N4O3S. The van der Waals surface area contributed by atoms with Crippen molar-refractivity contribution in [2.75, 3.05) is 31.4 Å². The number of carbonyl (C=O) groups excluding carboxylic acids is 1. The second-order valence-corrected chi connectivity index (χ2v) is 6.95. The van der Waals surface area contributed by atoms with E-state index in [1.54, 1.807) is 11.4 Å². The number of nitrogens with one attached hydrogen (secondary N) is 2. The van der Waals surface area contributed by atoms with Crippen LogP contribution < -0.4 is 20.1 Å². The molecule has 2 heterocycles. The average molecular weight is 427 g/mol. The molecule has 1 amide bonds. The number of hydrogen-bond acceptors (Lipinski definition) is 7. The molecule has 3 aromatic rings. The molecule has 0 fully saturated rings. The minimum Gasteiger partial charge on any atom is -0.495 e. The summed E-state index contributed by atoms with van der Waals surface area (Å²) in [5.41, 5.74) is 1.15. The van der Waals surface area contributed by atoms with Gasteiger partial charge in [-0.05, 0) is 6.92 Å². The number of nitrogens with zero attached hydrogens (tertiary/aromatic N) is 2. The quantitative estimate of drug-likeness (QED) is 0.593. The first-order valence-electron chi connectivity index (χ1n) is 7.89. The molecule has 0 aliphatic heterocycles. The number of aromatic nitrogens is 2. The molecule has 0 spiro atoms. The molecule has 0 saturated carbocycles. The van der Waals surface area contributed by atoms with Crippen molar-refractivity contribution in [3.8, 4) is 11.5 Å². The van der Waals surface area contributed by atoms with Crippen LogP contribution in [0.15, 0.2) is 17.8 Å². The lowest BCUT2D eigenvalue weighted by Crippen LogP contribution is -2.13. The highest BCUT2D eigenvalue weighted by atomic mass is 35.5. The standard InChI is InChI=1S/C17H16Cl2N4O3S/c1-4-20-16-15-13(21-7-22-16)8(6-27-15)17(24)23-14-11(18)9(25-2)5-10(26-3)12(14)19/h5-7H,4H2,1-3H3,(H,23,24)(H,20,21,22). The van der Waals surface area contributed by atoms with Gasteiger partial charge in [0, 0.05) is 18.0 Å². The van der Waals surface area contributed by atoms with Crippen LogP contribution in [0.1, 0.15) is 17.3 Å². The second kappa shape index (κ2) is 8.16. The van der Waals surface area contributed by atoms with Crippen molar-refractivity contribution < 1.29 is 14.3 Å². The first-order valence-corrected chi connectivity index (χ1v) is 9.52. The topological polar surface area (TPSA) is 85.4 Å². The first kappa shape index (κ1) is 19.5. The lowest BCUT2D eigenvalue weighted by Gasteiger charge is -2.15. The SMILES string of the molecule is CCNc1ncnc2c(C(=O)Nc3c(Cl)c(OC)cc(OC)c3Cl)csc12. The van der Waals surface area contributed by atoms with Crippen LogP contribution in [0, 0.1) is 0 Å². The Balaban J connectivity index is 2.02. The summed E-state index contributed by atoms with van der Waals surface area (Å²) in [4.78, 5) is 21.3. The Kier molecular flexibility index (Phi) is 5.88. The Bertz CT molecular complexity index is 981. The number of fused-ring (bicyclic) bond motifs is 1. The first-order chi connectivity index (χ1) is 13.0. The number of amides is 1. The maximum absolute atomic E-state index is 12.9. The number of carbonyl (C=O) groups is 1. The highest BCUT2D eigenvalue weighted by Crippen LogP contribution is 2.44. The van der Waals surface area contributed by atoms with Gasteiger partial charge < -0.3 is 20.1 Å². The summed E-state index contributed by atoms with van der Waals surface area (Å²) < 4.78 is 11.2. The predicted octanol–water partition coefficient (Wildman–Crippen LogP) is 4.70. The van der Waals surface area contributed by atoms with E-state index in [0.29, 0.717) is 34.9 Å². The number of benzene rings is 1. The highest BCUT2D eigenvalue weighted by Gasteiger charge is 2.22. The van der Waals surface area contributed by atoms with E-state index in [9.17, 15) is 4.79 Å². The van der Waals surface area contributed by atoms with Gasteiger partial charge in [-0.2, -0.15) is 0 Å². The van der Waals surface area contributed by atoms with E-state index in [-0.39, 0.29) is 15.7 Å². The molecule has 2 aromatic heterocycles. The molecule has 2 N–H and O–H groups in total. The number of ether oxygens (including phenoxy) is 2. The van der Waals surface area contributed by atoms with Gasteiger partial charge >= 0.3 is 0 Å². The van der Waals surface area contributed by atoms with Crippen LogP contribution in [0.25, 0.3) is 10.2 Å². The third-order valence-corrected chi connectivity index (χ3v) is 5.48. The van der Waals surface area contributed by atoms with Crippen molar-refractivity contribution in [1.29, 1.82) is 0 Å². The fourth-order valence-corrected chi connectivity index (χ4v) is 4.04. The van der Waals surface area contributed by atoms with E-state index in [1.165, 1.54) is 31.9 Å². The maximum atomic E-state index is 12.9. The highest BCUT2D eigenvalue weighted by molar-refractivity contribution is 7.18. The van der Waals surface area contributed by atoms with Crippen LogP contribution in [0.2, 0.25) is 10.0 Å². The number of thiophene rings is 1. The zero-order valence-corrected chi connectivity index (χ0v) is 17.1. The lowest BCUT2D eigenvalue weighted by molar-refractivity contribution is 0.102. The van der Waals surface area contributed by atoms with Crippen molar-refractivity contribution in [2.24, 2.45) is 0 Å². The van der Waals surface area contributed by atoms with Crippen molar-refractivity contribution >= 4 is 62.2 Å². The summed E-state index contributed by atoms with van der Waals surface area (Å²) in [5.74, 6) is 0.951. The van der Waals surface area contributed by atoms with Crippen LogP contribution in [-0.4, -0.2) is 36.6 Å². The monoisotopic (exact) mass is 426 g/mol. The molecule has 0 radical (unpaired) electrons. The Morgan fingerprint density at radius 2 is 1.85 bits per heavy atom. The molecule has 142 valence electrons. The number of anilines is 2. The lowest BCUT2D eigenvalue weighted by atomic mass is 10.2. The molecule has 0 aliphatic rings. The molecular weight excluding hydrogens is 411 g/mol. The third kappa shape index (κ3) is 3.60. The van der Waals surface area contributed by atoms with E-state index < -0.39 is 5.91 Å². The molecule has 1 aromatic carbocycles. The largest absolute Gasteiger partial charge is 0.495 e. The van der Waals surface area contributed by atoms with Crippen LogP contribution >= 0.6 is 34.5 Å². The number of methoxy groups -OCH3 is 2. The summed E-state index contributed by atoms with van der Waals surface area (Å²) in [5, 5.41) is 7.97. The van der Waals surface area contributed by atoms with Gasteiger partial charge in [0.25, 0.3) is 5.91 Å². The summed E-state index contributed by atoms with van der Waals surface area (Å²) >= 11 is 14.0. The fraction of sp³-hybridized carbons (Fsp3) is 0.235. The maximum Gasteiger partial charge on any atom is 0.258 e. The van der Waals surface area contributed by atoms with Gasteiger partial charge in [0.1, 0.15) is 33.7 Å². The molecule has 0 aliphatic carbocycles. The molecule has 0 saturated heterocycles. The Labute approximate surface area is 169 Å². The molecule has 3 rings (SSSR count). The van der Waals surface area contributed by atoms with Gasteiger partial charge in [0.2, 0.25) is 0 Å². The summed E-state index contributed by atoms with van der Waals surface area (Å²) in [6.07, 6.45) is 1.42. The molecule has 7 nitrogen and oxygen atoms in total. The molecule has 10 heteroatoms. The predicted molar refractivity (Wildman–Crippen MR) is 109 cm³/mol. The van der Waals surface area contributed by atoms with Crippen LogP contribution in [0.4, 0.5) is 11.5 Å². The molecule has 0 unspecified atom stereocenters. The zero-order chi connectivity index (χ0) is 19.6. The van der Waals surface area contributed by atoms with E-state index >= 15 is 0 Å². The minimum absolute atomic E-state index is 0.180. The van der Waals surface area contributed by atoms with E-state index in [4.69, 9.17) is 32.7 Å². The smallest absolute Gasteiger partial charge is 0.258 e. The average Bonchev–Trinajstić information content (AvgIpc) is 3.11. The number of hydrogen-bond donors (Lipinski definition) is 2. The molecule has 0 bridgehead atoms. The van der Waals surface area contributed by atoms with Gasteiger partial charge in [-0.1, -0.05) is 23.2 Å². The van der Waals surface area contributed by atoms with E-state index in [2.05, 4.69) is 20.6 Å². The van der Waals surface area contributed by atoms with Crippen LogP contribution in [-0.2, 0) is 0 Å². The van der Waals surface area contributed by atoms with Gasteiger partial charge in [-0.15, -0.1) is 11.3 Å². The summed E-state index contributed by atoms with van der Waals surface area (Å²) in [7, 11) is 2.93. The number of halogens is 2. The van der Waals surface area contributed by atoms with E-state index in [0.717, 1.165) is 4.70 Å². The molecule has 27 heavy (non-hydrogen) atoms. The van der Waals surface area contributed by atoms with Crippen molar-refractivity contribution in [2.45, 2.75) is 6.92 Å². The van der Waals surface area contributed by atoms with Gasteiger partial charge in [0.15, 0.2) is 0 Å². The van der Waals surface area contributed by atoms with Crippen molar-refractivity contribution in [3.05, 3.63) is 33.4 Å². The van der Waals surface area contributed by atoms with Gasteiger partial charge in [-0.25, -0.2) is 9.97 Å². The normalized spacial score (nSPS) is 10.7. The van der Waals surface area contributed by atoms with Crippen molar-refractivity contribution in [1.82, 2.24) is 9.97 Å². The Hall–Kier alpha value is -2.29. The van der Waals surface area contributed by atoms with E-state index in [1.807, 2.05) is 6.92 Å². The van der Waals surface area contributed by atoms with Crippen LogP contribution in [0.5, 0.6) is 11.5 Å². The Morgan fingerprint density at radius 3 is 2.44 bits per heavy atom. The number of rotatable bonds is 6. The van der Waals surface area contributed by atoms with Gasteiger partial charge in [-0.3, -0.25) is 4.79 Å². The molecule has 0 atom stereocenters. The van der Waals surface area contributed by atoms with Crippen LogP contribution in [0.3, 0.4) is 0 Å². The Morgan fingerprint density at radius 1 is 1.19 bits per heavy atom. The van der Waals surface area contributed by atoms with Crippen molar-refractivity contribution in [3.63, 3.8) is 0 Å². The van der Waals surface area contributed by atoms with Gasteiger partial charge in [0.05, 0.1) is 35.7 Å². The summed E-state index contributed by atoms with van der Waals surface area (Å²) in [6.45, 7) is 2.68. The second-order valence-electron chi connectivity index (χ2n) is 5.32. The summed E-state index contributed by atoms with van der Waals surface area (Å²) in [6, 6.07) is 1.55. The minimum atomic E-state index is -0.401. The third-order valence-electron chi connectivity index (χ3n) is 3.75. The fourth-order valence-electron chi connectivity index (χ4n) is 2.48.